The van der Waals surface area contributed by atoms with Gasteiger partial charge in [-0.3, -0.25) is 9.69 Å². The Balaban J connectivity index is 1.57. The average Bonchev–Trinajstić information content (AvgIpc) is 2.93. The molecule has 2 aromatic rings. The molecule has 7 heteroatoms. The van der Waals surface area contributed by atoms with Crippen LogP contribution in [0.4, 0.5) is 0 Å². The number of hydrogen-bond donors (Lipinski definition) is 1. The fourth-order valence-corrected chi connectivity index (χ4v) is 3.96. The van der Waals surface area contributed by atoms with Gasteiger partial charge in [0.05, 0.1) is 24.1 Å². The first-order valence-corrected chi connectivity index (χ1v) is 9.46. The minimum absolute atomic E-state index is 0.124. The molecule has 1 amide bonds. The summed E-state index contributed by atoms with van der Waals surface area (Å²) in [6.07, 6.45) is 0. The zero-order valence-corrected chi connectivity index (χ0v) is 13.8. The van der Waals surface area contributed by atoms with Gasteiger partial charge in [-0.1, -0.05) is 18.2 Å². The topological polar surface area (TPSA) is 79.6 Å². The van der Waals surface area contributed by atoms with Gasteiger partial charge in [-0.05, 0) is 19.1 Å². The van der Waals surface area contributed by atoms with E-state index >= 15 is 0 Å². The number of furan rings is 1. The highest BCUT2D eigenvalue weighted by atomic mass is 32.2. The maximum atomic E-state index is 12.1. The molecule has 0 spiro atoms. The molecule has 6 nitrogen and oxygen atoms in total. The van der Waals surface area contributed by atoms with Crippen LogP contribution in [0, 0.1) is 0 Å². The van der Waals surface area contributed by atoms with Crippen molar-refractivity contribution in [3.8, 4) is 0 Å². The smallest absolute Gasteiger partial charge is 0.234 e. The third-order valence-corrected chi connectivity index (χ3v) is 5.66. The fourth-order valence-electron chi connectivity index (χ4n) is 2.69. The van der Waals surface area contributed by atoms with Crippen LogP contribution in [0.2, 0.25) is 0 Å². The summed E-state index contributed by atoms with van der Waals surface area (Å²) < 4.78 is 28.5. The molecule has 0 aliphatic carbocycles. The van der Waals surface area contributed by atoms with Crippen molar-refractivity contribution in [1.82, 2.24) is 10.2 Å². The predicted octanol–water partition coefficient (Wildman–Crippen LogP) is 1.34. The molecule has 1 fully saturated rings. The molecule has 1 aliphatic rings. The minimum Gasteiger partial charge on any atom is -0.459 e. The number of benzene rings is 1. The van der Waals surface area contributed by atoms with E-state index in [1.807, 2.05) is 42.2 Å². The van der Waals surface area contributed by atoms with Crippen LogP contribution < -0.4 is 5.32 Å². The quantitative estimate of drug-likeness (QED) is 0.911. The zero-order chi connectivity index (χ0) is 16.4. The molecule has 0 bridgehead atoms. The summed E-state index contributed by atoms with van der Waals surface area (Å²) in [5.41, 5.74) is 0.796. The van der Waals surface area contributed by atoms with Crippen molar-refractivity contribution in [3.63, 3.8) is 0 Å². The van der Waals surface area contributed by atoms with E-state index in [2.05, 4.69) is 5.32 Å². The first kappa shape index (κ1) is 16.0. The number of sulfone groups is 1. The van der Waals surface area contributed by atoms with Crippen LogP contribution in [0.25, 0.3) is 11.0 Å². The second kappa shape index (κ2) is 6.33. The normalized spacial score (nSPS) is 19.5. The number of nitrogens with zero attached hydrogens (tertiary/aromatic N) is 1. The number of para-hydroxylation sites is 1. The van der Waals surface area contributed by atoms with Crippen molar-refractivity contribution < 1.29 is 17.6 Å². The van der Waals surface area contributed by atoms with E-state index in [9.17, 15) is 13.2 Å². The lowest BCUT2D eigenvalue weighted by Crippen LogP contribution is -2.45. The molecule has 0 radical (unpaired) electrons. The third-order valence-electron chi connectivity index (χ3n) is 4.05. The Morgan fingerprint density at radius 1 is 1.30 bits per heavy atom. The third kappa shape index (κ3) is 3.92. The Morgan fingerprint density at radius 3 is 2.70 bits per heavy atom. The highest BCUT2D eigenvalue weighted by Gasteiger charge is 2.23. The molecule has 1 saturated heterocycles. The summed E-state index contributed by atoms with van der Waals surface area (Å²) in [6.45, 7) is 2.90. The van der Waals surface area contributed by atoms with E-state index in [1.165, 1.54) is 0 Å². The van der Waals surface area contributed by atoms with Gasteiger partial charge in [0, 0.05) is 18.5 Å². The van der Waals surface area contributed by atoms with Crippen LogP contribution in [0.15, 0.2) is 34.7 Å². The second-order valence-corrected chi connectivity index (χ2v) is 8.21. The standard InChI is InChI=1S/C16H20N2O4S/c1-12(15-10-13-4-2-3-5-14(13)22-15)17-16(19)11-18-6-8-23(20,21)9-7-18/h2-5,10,12H,6-9,11H2,1H3,(H,17,19). The van der Waals surface area contributed by atoms with Crippen LogP contribution in [0.3, 0.4) is 0 Å². The van der Waals surface area contributed by atoms with E-state index in [-0.39, 0.29) is 30.0 Å². The molecule has 0 saturated carbocycles. The molecule has 1 aliphatic heterocycles. The molecule has 2 heterocycles. The predicted molar refractivity (Wildman–Crippen MR) is 87.9 cm³/mol. The van der Waals surface area contributed by atoms with Crippen LogP contribution in [0.1, 0.15) is 18.7 Å². The maximum Gasteiger partial charge on any atom is 0.234 e. The van der Waals surface area contributed by atoms with Gasteiger partial charge >= 0.3 is 0 Å². The van der Waals surface area contributed by atoms with Crippen LogP contribution in [-0.4, -0.2) is 50.4 Å². The molecule has 124 valence electrons. The number of carbonyl (C=O) groups is 1. The van der Waals surface area contributed by atoms with Gasteiger partial charge in [0.1, 0.15) is 11.3 Å². The van der Waals surface area contributed by atoms with Crippen molar-refractivity contribution in [3.05, 3.63) is 36.1 Å². The summed E-state index contributed by atoms with van der Waals surface area (Å²) in [4.78, 5) is 14.0. The lowest BCUT2D eigenvalue weighted by molar-refractivity contribution is -0.123. The lowest BCUT2D eigenvalue weighted by atomic mass is 10.2. The van der Waals surface area contributed by atoms with Gasteiger partial charge in [0.2, 0.25) is 5.91 Å². The van der Waals surface area contributed by atoms with Crippen LogP contribution in [-0.2, 0) is 14.6 Å². The Labute approximate surface area is 135 Å². The zero-order valence-electron chi connectivity index (χ0n) is 13.0. The van der Waals surface area contributed by atoms with Gasteiger partial charge < -0.3 is 9.73 Å². The van der Waals surface area contributed by atoms with Gasteiger partial charge in [0.25, 0.3) is 0 Å². The number of carbonyl (C=O) groups excluding carboxylic acids is 1. The fraction of sp³-hybridized carbons (Fsp3) is 0.438. The molecule has 1 unspecified atom stereocenters. The van der Waals surface area contributed by atoms with Gasteiger partial charge in [-0.25, -0.2) is 8.42 Å². The van der Waals surface area contributed by atoms with E-state index < -0.39 is 9.84 Å². The molecule has 3 rings (SSSR count). The van der Waals surface area contributed by atoms with E-state index in [0.717, 1.165) is 11.0 Å². The minimum atomic E-state index is -2.92. The number of hydrogen-bond acceptors (Lipinski definition) is 5. The molecule has 1 aromatic carbocycles. The van der Waals surface area contributed by atoms with Crippen molar-refractivity contribution in [1.29, 1.82) is 0 Å². The first-order chi connectivity index (χ1) is 10.9. The van der Waals surface area contributed by atoms with Gasteiger partial charge in [-0.2, -0.15) is 0 Å². The first-order valence-electron chi connectivity index (χ1n) is 7.63. The largest absolute Gasteiger partial charge is 0.459 e. The van der Waals surface area contributed by atoms with Crippen molar-refractivity contribution in [2.45, 2.75) is 13.0 Å². The van der Waals surface area contributed by atoms with Gasteiger partial charge in [-0.15, -0.1) is 0 Å². The van der Waals surface area contributed by atoms with Crippen molar-refractivity contribution in [2.75, 3.05) is 31.1 Å². The Hall–Kier alpha value is -1.86. The summed E-state index contributed by atoms with van der Waals surface area (Å²) in [6, 6.07) is 9.39. The van der Waals surface area contributed by atoms with E-state index in [1.54, 1.807) is 0 Å². The highest BCUT2D eigenvalue weighted by molar-refractivity contribution is 7.91. The number of rotatable bonds is 4. The second-order valence-electron chi connectivity index (χ2n) is 5.90. The van der Waals surface area contributed by atoms with E-state index in [0.29, 0.717) is 18.8 Å². The Morgan fingerprint density at radius 2 is 2.00 bits per heavy atom. The van der Waals surface area contributed by atoms with Crippen LogP contribution >= 0.6 is 0 Å². The highest BCUT2D eigenvalue weighted by Crippen LogP contribution is 2.23. The molecular formula is C16H20N2O4S. The molecule has 1 N–H and O–H groups in total. The van der Waals surface area contributed by atoms with E-state index in [4.69, 9.17) is 4.42 Å². The molecule has 23 heavy (non-hydrogen) atoms. The SMILES string of the molecule is CC(NC(=O)CN1CCS(=O)(=O)CC1)c1cc2ccccc2o1. The van der Waals surface area contributed by atoms with Crippen molar-refractivity contribution in [2.24, 2.45) is 0 Å². The van der Waals surface area contributed by atoms with Crippen molar-refractivity contribution >= 4 is 26.7 Å². The Bertz CT molecular complexity index is 765. The maximum absolute atomic E-state index is 12.1. The number of fused-ring (bicyclic) bond motifs is 1. The van der Waals surface area contributed by atoms with Crippen LogP contribution in [0.5, 0.6) is 0 Å². The number of amides is 1. The average molecular weight is 336 g/mol. The summed E-state index contributed by atoms with van der Waals surface area (Å²) >= 11 is 0. The summed E-state index contributed by atoms with van der Waals surface area (Å²) in [7, 11) is -2.92. The lowest BCUT2D eigenvalue weighted by Gasteiger charge is -2.26. The summed E-state index contributed by atoms with van der Waals surface area (Å²) in [5, 5.41) is 3.91. The Kier molecular flexibility index (Phi) is 4.41. The molecule has 1 aromatic heterocycles. The van der Waals surface area contributed by atoms with Gasteiger partial charge in [0.15, 0.2) is 9.84 Å². The molecule has 1 atom stereocenters. The summed E-state index contributed by atoms with van der Waals surface area (Å²) in [5.74, 6) is 0.830. The monoisotopic (exact) mass is 336 g/mol. The molecular weight excluding hydrogens is 316 g/mol. The number of nitrogens with one attached hydrogen (secondary N) is 1.